The molecule has 0 saturated heterocycles. The van der Waals surface area contributed by atoms with Crippen molar-refractivity contribution in [1.82, 2.24) is 5.32 Å². The molecule has 4 heteroatoms. The molecule has 0 heterocycles. The van der Waals surface area contributed by atoms with Crippen LogP contribution in [0.25, 0.3) is 0 Å². The van der Waals surface area contributed by atoms with Crippen LogP contribution in [0.3, 0.4) is 0 Å². The third-order valence-corrected chi connectivity index (χ3v) is 3.50. The van der Waals surface area contributed by atoms with Gasteiger partial charge in [0.25, 0.3) is 5.91 Å². The number of rotatable bonds is 6. The van der Waals surface area contributed by atoms with Gasteiger partial charge >= 0.3 is 0 Å². The standard InChI is InChI=1S/C15H22N2O2/c16-15(18)11-19-14-8-6-12(7-9-14)10-17-13-4-2-1-3-5-13/h6-9,13,17H,1-5,10-11H2,(H2,16,18). The number of hydrogen-bond donors (Lipinski definition) is 2. The molecule has 0 unspecified atom stereocenters. The summed E-state index contributed by atoms with van der Waals surface area (Å²) in [4.78, 5) is 10.6. The number of carbonyl (C=O) groups excluding carboxylic acids is 1. The van der Waals surface area contributed by atoms with Gasteiger partial charge in [0.1, 0.15) is 5.75 Å². The monoisotopic (exact) mass is 262 g/mol. The molecule has 1 aliphatic rings. The van der Waals surface area contributed by atoms with Crippen molar-refractivity contribution < 1.29 is 9.53 Å². The first-order chi connectivity index (χ1) is 9.24. The third-order valence-electron chi connectivity index (χ3n) is 3.50. The molecule has 0 bridgehead atoms. The van der Waals surface area contributed by atoms with E-state index in [0.29, 0.717) is 11.8 Å². The summed E-state index contributed by atoms with van der Waals surface area (Å²) in [5, 5.41) is 3.59. The van der Waals surface area contributed by atoms with Crippen LogP contribution in [0.5, 0.6) is 5.75 Å². The Hall–Kier alpha value is -1.55. The average molecular weight is 262 g/mol. The SMILES string of the molecule is NC(=O)COc1ccc(CNC2CCCCC2)cc1. The van der Waals surface area contributed by atoms with Gasteiger partial charge in [0.2, 0.25) is 0 Å². The molecular formula is C15H22N2O2. The first kappa shape index (κ1) is 13.9. The molecular weight excluding hydrogens is 240 g/mol. The molecule has 0 radical (unpaired) electrons. The van der Waals surface area contributed by atoms with Crippen molar-refractivity contribution >= 4 is 5.91 Å². The van der Waals surface area contributed by atoms with E-state index in [1.54, 1.807) is 0 Å². The number of nitrogens with two attached hydrogens (primary N) is 1. The zero-order valence-corrected chi connectivity index (χ0v) is 11.2. The lowest BCUT2D eigenvalue weighted by Gasteiger charge is -2.22. The summed E-state index contributed by atoms with van der Waals surface area (Å²) in [6.07, 6.45) is 6.65. The van der Waals surface area contributed by atoms with Crippen molar-refractivity contribution in [2.24, 2.45) is 5.73 Å². The zero-order chi connectivity index (χ0) is 13.5. The molecule has 104 valence electrons. The average Bonchev–Trinajstić information content (AvgIpc) is 2.45. The van der Waals surface area contributed by atoms with E-state index < -0.39 is 5.91 Å². The van der Waals surface area contributed by atoms with Gasteiger partial charge < -0.3 is 15.8 Å². The summed E-state index contributed by atoms with van der Waals surface area (Å²) >= 11 is 0. The van der Waals surface area contributed by atoms with Crippen molar-refractivity contribution in [1.29, 1.82) is 0 Å². The molecule has 0 aromatic heterocycles. The van der Waals surface area contributed by atoms with Crippen molar-refractivity contribution in [3.05, 3.63) is 29.8 Å². The predicted molar refractivity (Wildman–Crippen MR) is 74.8 cm³/mol. The van der Waals surface area contributed by atoms with Gasteiger partial charge in [0, 0.05) is 12.6 Å². The van der Waals surface area contributed by atoms with Gasteiger partial charge in [-0.1, -0.05) is 31.4 Å². The molecule has 4 nitrogen and oxygen atoms in total. The second-order valence-corrected chi connectivity index (χ2v) is 5.11. The van der Waals surface area contributed by atoms with E-state index >= 15 is 0 Å². The molecule has 1 aromatic carbocycles. The normalized spacial score (nSPS) is 16.2. The highest BCUT2D eigenvalue weighted by molar-refractivity contribution is 5.75. The van der Waals surface area contributed by atoms with Gasteiger partial charge in [-0.25, -0.2) is 0 Å². The molecule has 1 saturated carbocycles. The molecule has 2 rings (SSSR count). The molecule has 0 spiro atoms. The topological polar surface area (TPSA) is 64.4 Å². The fourth-order valence-electron chi connectivity index (χ4n) is 2.43. The van der Waals surface area contributed by atoms with Crippen LogP contribution >= 0.6 is 0 Å². The highest BCUT2D eigenvalue weighted by Gasteiger charge is 2.12. The van der Waals surface area contributed by atoms with Crippen molar-refractivity contribution in [2.75, 3.05) is 6.61 Å². The predicted octanol–water partition coefficient (Wildman–Crippen LogP) is 1.97. The van der Waals surface area contributed by atoms with Crippen LogP contribution in [0.2, 0.25) is 0 Å². The summed E-state index contributed by atoms with van der Waals surface area (Å²) in [7, 11) is 0. The second-order valence-electron chi connectivity index (χ2n) is 5.11. The summed E-state index contributed by atoms with van der Waals surface area (Å²) < 4.78 is 5.22. The summed E-state index contributed by atoms with van der Waals surface area (Å²) in [6, 6.07) is 8.46. The smallest absolute Gasteiger partial charge is 0.255 e. The molecule has 1 amide bonds. The lowest BCUT2D eigenvalue weighted by molar-refractivity contribution is -0.119. The van der Waals surface area contributed by atoms with Gasteiger partial charge in [0.15, 0.2) is 6.61 Å². The molecule has 0 aliphatic heterocycles. The number of hydrogen-bond acceptors (Lipinski definition) is 3. The first-order valence-electron chi connectivity index (χ1n) is 6.97. The number of primary amides is 1. The number of nitrogens with one attached hydrogen (secondary N) is 1. The Balaban J connectivity index is 1.76. The molecule has 1 aromatic rings. The Labute approximate surface area is 114 Å². The van der Waals surface area contributed by atoms with E-state index in [1.807, 2.05) is 24.3 Å². The Bertz CT molecular complexity index is 397. The van der Waals surface area contributed by atoms with E-state index in [2.05, 4.69) is 5.32 Å². The van der Waals surface area contributed by atoms with Crippen LogP contribution in [-0.4, -0.2) is 18.6 Å². The lowest BCUT2D eigenvalue weighted by Crippen LogP contribution is -2.30. The molecule has 3 N–H and O–H groups in total. The minimum absolute atomic E-state index is 0.0698. The number of carbonyl (C=O) groups is 1. The van der Waals surface area contributed by atoms with Gasteiger partial charge in [-0.15, -0.1) is 0 Å². The fraction of sp³-hybridized carbons (Fsp3) is 0.533. The van der Waals surface area contributed by atoms with E-state index in [1.165, 1.54) is 37.7 Å². The van der Waals surface area contributed by atoms with Crippen molar-refractivity contribution in [3.8, 4) is 5.75 Å². The minimum atomic E-state index is -0.456. The largest absolute Gasteiger partial charge is 0.484 e. The Morgan fingerprint density at radius 1 is 1.21 bits per heavy atom. The molecule has 19 heavy (non-hydrogen) atoms. The number of amides is 1. The quantitative estimate of drug-likeness (QED) is 0.824. The van der Waals surface area contributed by atoms with E-state index in [-0.39, 0.29) is 6.61 Å². The highest BCUT2D eigenvalue weighted by Crippen LogP contribution is 2.18. The third kappa shape index (κ3) is 4.91. The maximum absolute atomic E-state index is 10.6. The van der Waals surface area contributed by atoms with Crippen LogP contribution in [0.15, 0.2) is 24.3 Å². The maximum atomic E-state index is 10.6. The summed E-state index contributed by atoms with van der Waals surface area (Å²) in [5.74, 6) is 0.225. The van der Waals surface area contributed by atoms with Crippen LogP contribution in [0, 0.1) is 0 Å². The van der Waals surface area contributed by atoms with Crippen LogP contribution in [-0.2, 0) is 11.3 Å². The number of benzene rings is 1. The van der Waals surface area contributed by atoms with Gasteiger partial charge in [-0.3, -0.25) is 4.79 Å². The van der Waals surface area contributed by atoms with Gasteiger partial charge in [-0.2, -0.15) is 0 Å². The fourth-order valence-corrected chi connectivity index (χ4v) is 2.43. The lowest BCUT2D eigenvalue weighted by atomic mass is 9.95. The van der Waals surface area contributed by atoms with Crippen LogP contribution in [0.4, 0.5) is 0 Å². The van der Waals surface area contributed by atoms with Gasteiger partial charge in [0.05, 0.1) is 0 Å². The van der Waals surface area contributed by atoms with Crippen molar-refractivity contribution in [2.45, 2.75) is 44.7 Å². The molecule has 1 fully saturated rings. The highest BCUT2D eigenvalue weighted by atomic mass is 16.5. The van der Waals surface area contributed by atoms with E-state index in [4.69, 9.17) is 10.5 Å². The molecule has 1 aliphatic carbocycles. The molecule has 0 atom stereocenters. The second kappa shape index (κ2) is 7.14. The first-order valence-corrected chi connectivity index (χ1v) is 6.97. The van der Waals surface area contributed by atoms with Crippen molar-refractivity contribution in [3.63, 3.8) is 0 Å². The zero-order valence-electron chi connectivity index (χ0n) is 11.2. The van der Waals surface area contributed by atoms with E-state index in [0.717, 1.165) is 6.54 Å². The Morgan fingerprint density at radius 3 is 2.53 bits per heavy atom. The van der Waals surface area contributed by atoms with Gasteiger partial charge in [-0.05, 0) is 30.5 Å². The summed E-state index contributed by atoms with van der Waals surface area (Å²) in [6.45, 7) is 0.820. The minimum Gasteiger partial charge on any atom is -0.484 e. The Kier molecular flexibility index (Phi) is 5.21. The van der Waals surface area contributed by atoms with Crippen LogP contribution in [0.1, 0.15) is 37.7 Å². The Morgan fingerprint density at radius 2 is 1.89 bits per heavy atom. The maximum Gasteiger partial charge on any atom is 0.255 e. The van der Waals surface area contributed by atoms with E-state index in [9.17, 15) is 4.79 Å². The number of ether oxygens (including phenoxy) is 1. The van der Waals surface area contributed by atoms with Crippen LogP contribution < -0.4 is 15.8 Å². The summed E-state index contributed by atoms with van der Waals surface area (Å²) in [5.41, 5.74) is 6.26.